The summed E-state index contributed by atoms with van der Waals surface area (Å²) >= 11 is 0. The molecule has 2 rings (SSSR count). The normalized spacial score (nSPS) is 12.6. The van der Waals surface area contributed by atoms with Crippen LogP contribution >= 0.6 is 0 Å². The van der Waals surface area contributed by atoms with E-state index in [0.717, 1.165) is 0 Å². The van der Waals surface area contributed by atoms with E-state index < -0.39 is 17.6 Å². The number of carbonyl (C=O) groups is 2. The summed E-state index contributed by atoms with van der Waals surface area (Å²) in [7, 11) is 0. The van der Waals surface area contributed by atoms with Crippen molar-refractivity contribution in [2.24, 2.45) is 11.8 Å². The minimum atomic E-state index is -0.606. The Bertz CT molecular complexity index is 962. The predicted molar refractivity (Wildman–Crippen MR) is 121 cm³/mol. The molecule has 0 aliphatic rings. The van der Waals surface area contributed by atoms with E-state index in [1.54, 1.807) is 43.9 Å². The van der Waals surface area contributed by atoms with Gasteiger partial charge in [0.15, 0.2) is 0 Å². The summed E-state index contributed by atoms with van der Waals surface area (Å²) in [6.45, 7) is 12.2. The third kappa shape index (κ3) is 7.38. The fourth-order valence-corrected chi connectivity index (χ4v) is 3.36. The number of H-pyrrole nitrogens is 1. The number of nitrogens with zero attached hydrogens (tertiary/aromatic N) is 2. The molecule has 0 aliphatic heterocycles. The number of nitrogens with one attached hydrogen (secondary N) is 2. The number of aromatic amines is 1. The van der Waals surface area contributed by atoms with Crippen molar-refractivity contribution in [1.29, 1.82) is 0 Å². The maximum atomic E-state index is 13.3. The van der Waals surface area contributed by atoms with Crippen LogP contribution in [0, 0.1) is 11.8 Å². The van der Waals surface area contributed by atoms with Crippen LogP contribution in [-0.2, 0) is 16.1 Å². The van der Waals surface area contributed by atoms with Crippen LogP contribution in [0.3, 0.4) is 0 Å². The zero-order valence-corrected chi connectivity index (χ0v) is 19.3. The van der Waals surface area contributed by atoms with Crippen LogP contribution in [0.15, 0.2) is 29.1 Å². The maximum Gasteiger partial charge on any atom is 0.407 e. The van der Waals surface area contributed by atoms with Crippen molar-refractivity contribution in [2.75, 3.05) is 13.1 Å². The molecule has 0 radical (unpaired) electrons. The van der Waals surface area contributed by atoms with Gasteiger partial charge in [0.05, 0.1) is 23.4 Å². The number of hydrogen-bond donors (Lipinski definition) is 2. The molecule has 8 heteroatoms. The third-order valence-electron chi connectivity index (χ3n) is 4.69. The Hall–Kier alpha value is -2.90. The second-order valence-electron chi connectivity index (χ2n) is 9.09. The number of rotatable bonds is 8. The van der Waals surface area contributed by atoms with E-state index in [4.69, 9.17) is 4.74 Å². The number of alkyl carbamates (subject to hydrolysis) is 1. The second kappa shape index (κ2) is 10.4. The lowest BCUT2D eigenvalue weighted by Crippen LogP contribution is -2.43. The molecule has 0 aliphatic carbocycles. The average molecular weight is 431 g/mol. The highest BCUT2D eigenvalue weighted by Gasteiger charge is 2.26. The minimum Gasteiger partial charge on any atom is -0.444 e. The van der Waals surface area contributed by atoms with Crippen LogP contribution in [0.2, 0.25) is 0 Å². The Morgan fingerprint density at radius 3 is 2.52 bits per heavy atom. The Balaban J connectivity index is 2.15. The molecule has 170 valence electrons. The van der Waals surface area contributed by atoms with Gasteiger partial charge in [-0.1, -0.05) is 26.0 Å². The number of amides is 2. The first-order valence-corrected chi connectivity index (χ1v) is 10.7. The molecule has 1 atom stereocenters. The van der Waals surface area contributed by atoms with Crippen molar-refractivity contribution in [3.63, 3.8) is 0 Å². The van der Waals surface area contributed by atoms with Gasteiger partial charge in [0.2, 0.25) is 5.91 Å². The smallest absolute Gasteiger partial charge is 0.407 e. The van der Waals surface area contributed by atoms with Gasteiger partial charge in [-0.05, 0) is 52.2 Å². The summed E-state index contributed by atoms with van der Waals surface area (Å²) in [5.41, 5.74) is -0.241. The van der Waals surface area contributed by atoms with Gasteiger partial charge in [0.25, 0.3) is 5.56 Å². The van der Waals surface area contributed by atoms with Gasteiger partial charge in [-0.3, -0.25) is 9.59 Å². The number of hydrogen-bond acceptors (Lipinski definition) is 5. The number of aromatic nitrogens is 2. The Labute approximate surface area is 183 Å². The largest absolute Gasteiger partial charge is 0.444 e. The molecule has 2 aromatic rings. The van der Waals surface area contributed by atoms with Crippen molar-refractivity contribution in [3.05, 3.63) is 40.4 Å². The third-order valence-corrected chi connectivity index (χ3v) is 4.69. The van der Waals surface area contributed by atoms with Crippen molar-refractivity contribution in [2.45, 2.75) is 60.1 Å². The van der Waals surface area contributed by atoms with Crippen molar-refractivity contribution in [1.82, 2.24) is 20.2 Å². The van der Waals surface area contributed by atoms with E-state index in [2.05, 4.69) is 15.3 Å². The summed E-state index contributed by atoms with van der Waals surface area (Å²) in [5, 5.41) is 3.23. The number of para-hydroxylation sites is 1. The SMILES string of the molecule is CCN(Cc1nc2ccccc2c(=O)[nH]1)C(=O)[C@H](CNC(=O)OC(C)(C)C)CC(C)C. The monoisotopic (exact) mass is 430 g/mol. The van der Waals surface area contributed by atoms with Gasteiger partial charge in [-0.15, -0.1) is 0 Å². The lowest BCUT2D eigenvalue weighted by atomic mass is 9.95. The van der Waals surface area contributed by atoms with Gasteiger partial charge < -0.3 is 19.9 Å². The van der Waals surface area contributed by atoms with Crippen LogP contribution in [-0.4, -0.2) is 45.6 Å². The number of carbonyl (C=O) groups excluding carboxylic acids is 2. The van der Waals surface area contributed by atoms with Gasteiger partial charge in [-0.25, -0.2) is 9.78 Å². The zero-order chi connectivity index (χ0) is 23.2. The van der Waals surface area contributed by atoms with E-state index in [0.29, 0.717) is 29.7 Å². The first kappa shape index (κ1) is 24.4. The Morgan fingerprint density at radius 1 is 1.23 bits per heavy atom. The average Bonchev–Trinajstić information content (AvgIpc) is 2.67. The molecule has 1 heterocycles. The molecular weight excluding hydrogens is 396 g/mol. The lowest BCUT2D eigenvalue weighted by molar-refractivity contribution is -0.136. The Kier molecular flexibility index (Phi) is 8.19. The van der Waals surface area contributed by atoms with Gasteiger partial charge >= 0.3 is 6.09 Å². The summed E-state index contributed by atoms with van der Waals surface area (Å²) in [6, 6.07) is 7.10. The highest BCUT2D eigenvalue weighted by atomic mass is 16.6. The van der Waals surface area contributed by atoms with Crippen LogP contribution in [0.5, 0.6) is 0 Å². The minimum absolute atomic E-state index is 0.0944. The Morgan fingerprint density at radius 2 is 1.90 bits per heavy atom. The maximum absolute atomic E-state index is 13.3. The topological polar surface area (TPSA) is 104 Å². The summed E-state index contributed by atoms with van der Waals surface area (Å²) < 4.78 is 5.28. The van der Waals surface area contributed by atoms with Crippen molar-refractivity contribution in [3.8, 4) is 0 Å². The number of fused-ring (bicyclic) bond motifs is 1. The van der Waals surface area contributed by atoms with Crippen molar-refractivity contribution >= 4 is 22.9 Å². The van der Waals surface area contributed by atoms with Crippen LogP contribution < -0.4 is 10.9 Å². The molecule has 1 aromatic heterocycles. The van der Waals surface area contributed by atoms with Gasteiger partial charge in [-0.2, -0.15) is 0 Å². The molecule has 1 aromatic carbocycles. The highest BCUT2D eigenvalue weighted by Crippen LogP contribution is 2.16. The molecule has 0 bridgehead atoms. The van der Waals surface area contributed by atoms with E-state index in [-0.39, 0.29) is 30.5 Å². The lowest BCUT2D eigenvalue weighted by Gasteiger charge is -2.27. The van der Waals surface area contributed by atoms with Crippen molar-refractivity contribution < 1.29 is 14.3 Å². The summed E-state index contributed by atoms with van der Waals surface area (Å²) in [4.78, 5) is 46.6. The summed E-state index contributed by atoms with van der Waals surface area (Å²) in [6.07, 6.45) is 0.0740. The number of benzene rings is 1. The van der Waals surface area contributed by atoms with E-state index in [9.17, 15) is 14.4 Å². The number of ether oxygens (including phenoxy) is 1. The molecule has 0 saturated carbocycles. The molecule has 31 heavy (non-hydrogen) atoms. The molecule has 0 spiro atoms. The van der Waals surface area contributed by atoms with E-state index >= 15 is 0 Å². The first-order valence-electron chi connectivity index (χ1n) is 10.7. The molecule has 8 nitrogen and oxygen atoms in total. The van der Waals surface area contributed by atoms with E-state index in [1.165, 1.54) is 0 Å². The van der Waals surface area contributed by atoms with Crippen LogP contribution in [0.25, 0.3) is 10.9 Å². The molecule has 2 amide bonds. The quantitative estimate of drug-likeness (QED) is 0.667. The molecular formula is C23H34N4O4. The summed E-state index contributed by atoms with van der Waals surface area (Å²) in [5.74, 6) is 0.205. The molecule has 0 saturated heterocycles. The zero-order valence-electron chi connectivity index (χ0n) is 19.3. The fraction of sp³-hybridized carbons (Fsp3) is 0.565. The standard InChI is InChI=1S/C23H34N4O4/c1-7-27(14-19-25-18-11-9-8-10-17(18)20(28)26-19)21(29)16(12-15(2)3)13-24-22(30)31-23(4,5)6/h8-11,15-16H,7,12-14H2,1-6H3,(H,24,30)(H,25,26,28)/t16-/m0/s1. The van der Waals surface area contributed by atoms with Gasteiger partial charge in [0, 0.05) is 13.1 Å². The predicted octanol–water partition coefficient (Wildman–Crippen LogP) is 3.46. The molecule has 0 fully saturated rings. The fourth-order valence-electron chi connectivity index (χ4n) is 3.36. The van der Waals surface area contributed by atoms with Crippen LogP contribution in [0.1, 0.15) is 53.8 Å². The molecule has 2 N–H and O–H groups in total. The second-order valence-corrected chi connectivity index (χ2v) is 9.09. The van der Waals surface area contributed by atoms with E-state index in [1.807, 2.05) is 26.8 Å². The first-order chi connectivity index (χ1) is 14.5. The molecule has 0 unspecified atom stereocenters. The highest BCUT2D eigenvalue weighted by molar-refractivity contribution is 5.80. The van der Waals surface area contributed by atoms with Crippen LogP contribution in [0.4, 0.5) is 4.79 Å². The van der Waals surface area contributed by atoms with Gasteiger partial charge in [0.1, 0.15) is 11.4 Å².